The van der Waals surface area contributed by atoms with Crippen LogP contribution >= 0.6 is 0 Å². The number of aromatic amines is 2. The third kappa shape index (κ3) is 4.02. The second kappa shape index (κ2) is 7.65. The van der Waals surface area contributed by atoms with Gasteiger partial charge in [0.05, 0.1) is 5.52 Å². The largest absolute Gasteiger partial charge is 0.358 e. The van der Waals surface area contributed by atoms with E-state index in [2.05, 4.69) is 41.3 Å². The molecule has 0 aliphatic carbocycles. The lowest BCUT2D eigenvalue weighted by Crippen LogP contribution is -2.31. The van der Waals surface area contributed by atoms with Crippen LogP contribution in [0.3, 0.4) is 0 Å². The molecule has 1 amide bonds. The predicted octanol–water partition coefficient (Wildman–Crippen LogP) is 1.90. The molecule has 3 aromatic rings. The number of nitrogens with zero attached hydrogens (tertiary/aromatic N) is 1. The fourth-order valence-electron chi connectivity index (χ4n) is 3.33. The summed E-state index contributed by atoms with van der Waals surface area (Å²) >= 11 is 0. The topological polar surface area (TPSA) is 99.8 Å². The first-order chi connectivity index (χ1) is 12.9. The van der Waals surface area contributed by atoms with Crippen LogP contribution in [0.2, 0.25) is 0 Å². The maximum Gasteiger partial charge on any atom is 0.328 e. The van der Waals surface area contributed by atoms with Crippen LogP contribution < -0.4 is 16.6 Å². The number of rotatable bonds is 6. The van der Waals surface area contributed by atoms with Gasteiger partial charge in [-0.15, -0.1) is 0 Å². The molecule has 0 unspecified atom stereocenters. The number of hydrogen-bond acceptors (Lipinski definition) is 3. The van der Waals surface area contributed by atoms with Gasteiger partial charge in [-0.3, -0.25) is 14.6 Å². The highest BCUT2D eigenvalue weighted by Gasteiger charge is 2.12. The summed E-state index contributed by atoms with van der Waals surface area (Å²) in [5, 5.41) is 4.11. The molecule has 142 valence electrons. The lowest BCUT2D eigenvalue weighted by molar-refractivity contribution is -0.121. The molecule has 0 saturated heterocycles. The average molecular weight is 368 g/mol. The molecule has 0 aliphatic heterocycles. The Hall–Kier alpha value is -3.09. The van der Waals surface area contributed by atoms with Gasteiger partial charge in [0.15, 0.2) is 0 Å². The van der Waals surface area contributed by atoms with Crippen molar-refractivity contribution in [3.8, 4) is 0 Å². The molecule has 0 aliphatic rings. The number of fused-ring (bicyclic) bond motifs is 1. The van der Waals surface area contributed by atoms with Crippen molar-refractivity contribution >= 4 is 16.8 Å². The predicted molar refractivity (Wildman–Crippen MR) is 105 cm³/mol. The summed E-state index contributed by atoms with van der Waals surface area (Å²) in [5.41, 5.74) is 4.76. The monoisotopic (exact) mass is 368 g/mol. The summed E-state index contributed by atoms with van der Waals surface area (Å²) in [6.45, 7) is 6.91. The molecule has 0 radical (unpaired) electrons. The maximum atomic E-state index is 12.2. The van der Waals surface area contributed by atoms with E-state index in [1.165, 1.54) is 33.5 Å². The van der Waals surface area contributed by atoms with E-state index in [4.69, 9.17) is 0 Å². The molecule has 7 nitrogen and oxygen atoms in total. The summed E-state index contributed by atoms with van der Waals surface area (Å²) in [4.78, 5) is 40.6. The van der Waals surface area contributed by atoms with Gasteiger partial charge in [0.25, 0.3) is 5.56 Å². The number of nitrogens with one attached hydrogen (secondary N) is 3. The zero-order valence-corrected chi connectivity index (χ0v) is 15.8. The van der Waals surface area contributed by atoms with E-state index in [1.807, 2.05) is 6.92 Å². The van der Waals surface area contributed by atoms with Crippen molar-refractivity contribution in [2.24, 2.45) is 0 Å². The van der Waals surface area contributed by atoms with Gasteiger partial charge in [-0.05, 0) is 37.5 Å². The van der Waals surface area contributed by atoms with Crippen LogP contribution in [0, 0.1) is 13.8 Å². The Labute approximate surface area is 156 Å². The van der Waals surface area contributed by atoms with Crippen molar-refractivity contribution in [1.29, 1.82) is 0 Å². The van der Waals surface area contributed by atoms with Crippen LogP contribution in [-0.2, 0) is 24.3 Å². The van der Waals surface area contributed by atoms with Crippen molar-refractivity contribution in [2.45, 2.75) is 46.7 Å². The van der Waals surface area contributed by atoms with E-state index < -0.39 is 11.2 Å². The van der Waals surface area contributed by atoms with Crippen molar-refractivity contribution < 1.29 is 4.79 Å². The number of carbonyl (C=O) groups is 1. The Kier molecular flexibility index (Phi) is 5.30. The highest BCUT2D eigenvalue weighted by atomic mass is 16.2. The fraction of sp³-hybridized carbons (Fsp3) is 0.350. The molecule has 3 rings (SSSR count). The quantitative estimate of drug-likeness (QED) is 0.619. The molecule has 0 fully saturated rings. The van der Waals surface area contributed by atoms with Crippen LogP contribution in [0.1, 0.15) is 35.7 Å². The van der Waals surface area contributed by atoms with E-state index in [0.29, 0.717) is 6.54 Å². The third-order valence-corrected chi connectivity index (χ3v) is 4.80. The minimum atomic E-state index is -0.510. The zero-order chi connectivity index (χ0) is 19.6. The van der Waals surface area contributed by atoms with E-state index in [9.17, 15) is 14.4 Å². The first-order valence-corrected chi connectivity index (χ1v) is 9.06. The van der Waals surface area contributed by atoms with Crippen molar-refractivity contribution in [1.82, 2.24) is 19.9 Å². The van der Waals surface area contributed by atoms with Gasteiger partial charge in [0.1, 0.15) is 0 Å². The number of amides is 1. The minimum absolute atomic E-state index is 0.151. The standard InChI is InChI=1S/C20H24N4O3/c1-4-16-13(3)15-10-12(2)9-14(19(15)22-16)11-21-17(25)5-7-24-8-6-18(26)23-20(24)27/h6,8-10,22H,4-5,7,11H2,1-3H3,(H,21,25)(H,23,26,27). The van der Waals surface area contributed by atoms with Crippen LogP contribution in [0.25, 0.3) is 10.9 Å². The maximum absolute atomic E-state index is 12.2. The Bertz CT molecular complexity index is 1100. The summed E-state index contributed by atoms with van der Waals surface area (Å²) in [5.74, 6) is -0.151. The smallest absolute Gasteiger partial charge is 0.328 e. The first kappa shape index (κ1) is 18.7. The molecule has 0 spiro atoms. The van der Waals surface area contributed by atoms with Crippen molar-refractivity contribution in [2.75, 3.05) is 0 Å². The molecule has 0 saturated carbocycles. The molecule has 2 heterocycles. The van der Waals surface area contributed by atoms with E-state index in [1.54, 1.807) is 0 Å². The Balaban J connectivity index is 1.70. The zero-order valence-electron chi connectivity index (χ0n) is 15.8. The summed E-state index contributed by atoms with van der Waals surface area (Å²) in [7, 11) is 0. The molecule has 3 N–H and O–H groups in total. The van der Waals surface area contributed by atoms with Gasteiger partial charge in [-0.1, -0.05) is 18.6 Å². The number of aryl methyl sites for hydroxylation is 4. The third-order valence-electron chi connectivity index (χ3n) is 4.80. The van der Waals surface area contributed by atoms with Crippen LogP contribution in [0.15, 0.2) is 34.0 Å². The second-order valence-electron chi connectivity index (χ2n) is 6.76. The molecule has 1 aromatic carbocycles. The SMILES string of the molecule is CCc1[nH]c2c(CNC(=O)CCn3ccc(=O)[nH]c3=O)cc(C)cc2c1C. The second-order valence-corrected chi connectivity index (χ2v) is 6.76. The first-order valence-electron chi connectivity index (χ1n) is 9.06. The highest BCUT2D eigenvalue weighted by Crippen LogP contribution is 2.26. The number of hydrogen-bond donors (Lipinski definition) is 3. The van der Waals surface area contributed by atoms with Gasteiger partial charge in [-0.2, -0.15) is 0 Å². The van der Waals surface area contributed by atoms with Gasteiger partial charge in [0, 0.05) is 42.9 Å². The molecule has 7 heteroatoms. The number of carbonyl (C=O) groups excluding carboxylic acids is 1. The Morgan fingerprint density at radius 3 is 2.67 bits per heavy atom. The summed E-state index contributed by atoms with van der Waals surface area (Å²) in [6, 6.07) is 5.50. The van der Waals surface area contributed by atoms with Crippen molar-refractivity contribution in [3.05, 3.63) is 67.6 Å². The molecule has 27 heavy (non-hydrogen) atoms. The van der Waals surface area contributed by atoms with E-state index in [0.717, 1.165) is 23.1 Å². The Morgan fingerprint density at radius 2 is 1.96 bits per heavy atom. The molecular formula is C20H24N4O3. The normalized spacial score (nSPS) is 11.1. The number of benzene rings is 1. The number of H-pyrrole nitrogens is 2. The van der Waals surface area contributed by atoms with Crippen LogP contribution in [0.5, 0.6) is 0 Å². The van der Waals surface area contributed by atoms with E-state index >= 15 is 0 Å². The van der Waals surface area contributed by atoms with Gasteiger partial charge in [0.2, 0.25) is 5.91 Å². The molecule has 2 aromatic heterocycles. The summed E-state index contributed by atoms with van der Waals surface area (Å²) in [6.07, 6.45) is 2.48. The molecule has 0 atom stereocenters. The average Bonchev–Trinajstić information content (AvgIpc) is 2.95. The highest BCUT2D eigenvalue weighted by molar-refractivity contribution is 5.88. The number of aromatic nitrogens is 3. The Morgan fingerprint density at radius 1 is 1.19 bits per heavy atom. The van der Waals surface area contributed by atoms with Gasteiger partial charge >= 0.3 is 5.69 Å². The van der Waals surface area contributed by atoms with E-state index in [-0.39, 0.29) is 18.9 Å². The summed E-state index contributed by atoms with van der Waals surface area (Å²) < 4.78 is 1.31. The van der Waals surface area contributed by atoms with Gasteiger partial charge < -0.3 is 14.9 Å². The fourth-order valence-corrected chi connectivity index (χ4v) is 3.33. The van der Waals surface area contributed by atoms with Crippen LogP contribution in [-0.4, -0.2) is 20.4 Å². The molecule has 0 bridgehead atoms. The lowest BCUT2D eigenvalue weighted by atomic mass is 10.0. The molecular weight excluding hydrogens is 344 g/mol. The lowest BCUT2D eigenvalue weighted by Gasteiger charge is -2.09. The van der Waals surface area contributed by atoms with Gasteiger partial charge in [-0.25, -0.2) is 4.79 Å². The van der Waals surface area contributed by atoms with Crippen molar-refractivity contribution in [3.63, 3.8) is 0 Å². The van der Waals surface area contributed by atoms with Crippen LogP contribution in [0.4, 0.5) is 0 Å². The minimum Gasteiger partial charge on any atom is -0.358 e.